The highest BCUT2D eigenvalue weighted by molar-refractivity contribution is 5.90. The summed E-state index contributed by atoms with van der Waals surface area (Å²) in [4.78, 5) is 38.2. The molecule has 1 unspecified atom stereocenters. The number of nitrogens with zero attached hydrogens (tertiary/aromatic N) is 1. The van der Waals surface area contributed by atoms with Gasteiger partial charge < -0.3 is 24.8 Å². The van der Waals surface area contributed by atoms with E-state index < -0.39 is 30.4 Å². The molecule has 2 aromatic rings. The number of alkyl carbamates (subject to hydrolysis) is 1. The van der Waals surface area contributed by atoms with Gasteiger partial charge in [0, 0.05) is 19.0 Å². The van der Waals surface area contributed by atoms with Crippen molar-refractivity contribution in [3.8, 4) is 11.1 Å². The SMILES string of the molecule is CC(C)(C)OC1CN(C(=O)C(CC(=O)O)NC(=O)OCC2c3ccccc3-c3ccccc32)C1. The fourth-order valence-electron chi connectivity index (χ4n) is 4.57. The smallest absolute Gasteiger partial charge is 0.407 e. The van der Waals surface area contributed by atoms with Gasteiger partial charge in [0.2, 0.25) is 5.91 Å². The molecule has 2 aromatic carbocycles. The average molecular weight is 467 g/mol. The van der Waals surface area contributed by atoms with Crippen LogP contribution in [0.4, 0.5) is 4.79 Å². The van der Waals surface area contributed by atoms with E-state index in [0.717, 1.165) is 22.3 Å². The number of hydrogen-bond acceptors (Lipinski definition) is 5. The Labute approximate surface area is 198 Å². The number of benzene rings is 2. The molecule has 1 aliphatic carbocycles. The largest absolute Gasteiger partial charge is 0.481 e. The van der Waals surface area contributed by atoms with E-state index in [0.29, 0.717) is 13.1 Å². The Morgan fingerprint density at radius 1 is 1.03 bits per heavy atom. The third-order valence-corrected chi connectivity index (χ3v) is 5.99. The first kappa shape index (κ1) is 23.8. The van der Waals surface area contributed by atoms with Crippen molar-refractivity contribution in [2.75, 3.05) is 19.7 Å². The fraction of sp³-hybridized carbons (Fsp3) is 0.423. The van der Waals surface area contributed by atoms with Crippen LogP contribution in [0.1, 0.15) is 44.2 Å². The van der Waals surface area contributed by atoms with Crippen LogP contribution < -0.4 is 5.32 Å². The fourth-order valence-corrected chi connectivity index (χ4v) is 4.57. The van der Waals surface area contributed by atoms with Crippen LogP contribution in [-0.4, -0.2) is 65.4 Å². The van der Waals surface area contributed by atoms with Gasteiger partial charge in [-0.2, -0.15) is 0 Å². The van der Waals surface area contributed by atoms with Gasteiger partial charge in [-0.3, -0.25) is 9.59 Å². The lowest BCUT2D eigenvalue weighted by molar-refractivity contribution is -0.160. The molecule has 0 radical (unpaired) electrons. The second-order valence-electron chi connectivity index (χ2n) is 9.72. The second kappa shape index (κ2) is 9.46. The van der Waals surface area contributed by atoms with Crippen LogP contribution >= 0.6 is 0 Å². The standard InChI is InChI=1S/C26H30N2O6/c1-26(2,3)34-16-13-28(14-16)24(31)22(12-23(29)30)27-25(32)33-15-21-19-10-6-4-8-17(19)18-9-5-7-11-20(18)21/h4-11,16,21-22H,12-15H2,1-3H3,(H,27,32)(H,29,30). The predicted molar refractivity (Wildman–Crippen MR) is 125 cm³/mol. The highest BCUT2D eigenvalue weighted by atomic mass is 16.5. The second-order valence-corrected chi connectivity index (χ2v) is 9.72. The van der Waals surface area contributed by atoms with E-state index in [-0.39, 0.29) is 24.2 Å². The van der Waals surface area contributed by atoms with Crippen LogP contribution in [0.3, 0.4) is 0 Å². The lowest BCUT2D eigenvalue weighted by atomic mass is 9.98. The van der Waals surface area contributed by atoms with E-state index in [9.17, 15) is 19.5 Å². The van der Waals surface area contributed by atoms with Gasteiger partial charge in [0.1, 0.15) is 12.6 Å². The monoisotopic (exact) mass is 466 g/mol. The van der Waals surface area contributed by atoms with Crippen molar-refractivity contribution in [3.05, 3.63) is 59.7 Å². The summed E-state index contributed by atoms with van der Waals surface area (Å²) in [7, 11) is 0. The lowest BCUT2D eigenvalue weighted by Crippen LogP contribution is -2.61. The van der Waals surface area contributed by atoms with Gasteiger partial charge in [-0.25, -0.2) is 4.79 Å². The Morgan fingerprint density at radius 3 is 2.12 bits per heavy atom. The summed E-state index contributed by atoms with van der Waals surface area (Å²) < 4.78 is 11.3. The molecule has 180 valence electrons. The first-order chi connectivity index (χ1) is 16.1. The lowest BCUT2D eigenvalue weighted by Gasteiger charge is -2.43. The zero-order valence-electron chi connectivity index (χ0n) is 19.6. The molecular weight excluding hydrogens is 436 g/mol. The zero-order valence-corrected chi connectivity index (χ0v) is 19.6. The Kier molecular flexibility index (Phi) is 6.61. The molecule has 1 heterocycles. The summed E-state index contributed by atoms with van der Waals surface area (Å²) in [6.07, 6.45) is -1.45. The average Bonchev–Trinajstić information content (AvgIpc) is 3.06. The van der Waals surface area contributed by atoms with Gasteiger partial charge in [-0.05, 0) is 43.0 Å². The summed E-state index contributed by atoms with van der Waals surface area (Å²) in [6, 6.07) is 14.7. The molecule has 2 aliphatic rings. The van der Waals surface area contributed by atoms with Gasteiger partial charge in [0.05, 0.1) is 18.1 Å². The maximum absolute atomic E-state index is 12.8. The molecule has 8 nitrogen and oxygen atoms in total. The molecule has 8 heteroatoms. The minimum absolute atomic E-state index is 0.0824. The van der Waals surface area contributed by atoms with Gasteiger partial charge in [-0.1, -0.05) is 48.5 Å². The van der Waals surface area contributed by atoms with Crippen LogP contribution in [0.2, 0.25) is 0 Å². The van der Waals surface area contributed by atoms with Gasteiger partial charge in [0.15, 0.2) is 0 Å². The van der Waals surface area contributed by atoms with Crippen LogP contribution in [0.25, 0.3) is 11.1 Å². The van der Waals surface area contributed by atoms with Crippen LogP contribution in [-0.2, 0) is 19.1 Å². The van der Waals surface area contributed by atoms with Crippen LogP contribution in [0, 0.1) is 0 Å². The van der Waals surface area contributed by atoms with E-state index in [4.69, 9.17) is 9.47 Å². The number of amides is 2. The summed E-state index contributed by atoms with van der Waals surface area (Å²) in [5.41, 5.74) is 4.02. The maximum Gasteiger partial charge on any atom is 0.407 e. The molecule has 2 N–H and O–H groups in total. The van der Waals surface area contributed by atoms with E-state index in [1.165, 1.54) is 4.90 Å². The molecule has 4 rings (SSSR count). The zero-order chi connectivity index (χ0) is 24.5. The van der Waals surface area contributed by atoms with Crippen molar-refractivity contribution in [2.45, 2.75) is 50.9 Å². The highest BCUT2D eigenvalue weighted by Crippen LogP contribution is 2.44. The molecule has 0 bridgehead atoms. The number of carbonyl (C=O) groups excluding carboxylic acids is 2. The summed E-state index contributed by atoms with van der Waals surface area (Å²) in [5.74, 6) is -1.76. The Balaban J connectivity index is 1.37. The summed E-state index contributed by atoms with van der Waals surface area (Å²) in [6.45, 7) is 6.60. The molecule has 1 saturated heterocycles. The molecule has 1 aliphatic heterocycles. The van der Waals surface area contributed by atoms with Gasteiger partial charge in [0.25, 0.3) is 0 Å². The number of rotatable bonds is 7. The predicted octanol–water partition coefficient (Wildman–Crippen LogP) is 3.39. The minimum Gasteiger partial charge on any atom is -0.481 e. The number of hydrogen-bond donors (Lipinski definition) is 2. The number of fused-ring (bicyclic) bond motifs is 3. The number of aliphatic carboxylic acids is 1. The molecule has 34 heavy (non-hydrogen) atoms. The molecule has 0 aromatic heterocycles. The van der Waals surface area contributed by atoms with Crippen molar-refractivity contribution in [1.29, 1.82) is 0 Å². The van der Waals surface area contributed by atoms with E-state index in [1.54, 1.807) is 0 Å². The quantitative estimate of drug-likeness (QED) is 0.648. The van der Waals surface area contributed by atoms with Crippen molar-refractivity contribution in [3.63, 3.8) is 0 Å². The van der Waals surface area contributed by atoms with Crippen molar-refractivity contribution < 1.29 is 29.0 Å². The number of carbonyl (C=O) groups is 3. The normalized spacial score (nSPS) is 16.3. The van der Waals surface area contributed by atoms with E-state index >= 15 is 0 Å². The molecule has 1 fully saturated rings. The first-order valence-corrected chi connectivity index (χ1v) is 11.4. The molecule has 0 saturated carbocycles. The first-order valence-electron chi connectivity index (χ1n) is 11.4. The van der Waals surface area contributed by atoms with E-state index in [2.05, 4.69) is 5.32 Å². The Hall–Kier alpha value is -3.39. The third kappa shape index (κ3) is 5.22. The Morgan fingerprint density at radius 2 is 1.59 bits per heavy atom. The molecule has 1 atom stereocenters. The highest BCUT2D eigenvalue weighted by Gasteiger charge is 2.38. The van der Waals surface area contributed by atoms with Crippen LogP contribution in [0.5, 0.6) is 0 Å². The number of carboxylic acids is 1. The number of ether oxygens (including phenoxy) is 2. The third-order valence-electron chi connectivity index (χ3n) is 5.99. The van der Waals surface area contributed by atoms with Crippen molar-refractivity contribution >= 4 is 18.0 Å². The number of nitrogens with one attached hydrogen (secondary N) is 1. The Bertz CT molecular complexity index is 1040. The molecule has 2 amide bonds. The van der Waals surface area contributed by atoms with Crippen LogP contribution in [0.15, 0.2) is 48.5 Å². The number of carboxylic acid groups (broad SMARTS) is 1. The minimum atomic E-state index is -1.20. The maximum atomic E-state index is 12.8. The van der Waals surface area contributed by atoms with Crippen molar-refractivity contribution in [2.24, 2.45) is 0 Å². The van der Waals surface area contributed by atoms with E-state index in [1.807, 2.05) is 69.3 Å². The number of likely N-dealkylation sites (tertiary alicyclic amines) is 1. The summed E-state index contributed by atoms with van der Waals surface area (Å²) in [5, 5.41) is 11.7. The molecule has 0 spiro atoms. The summed E-state index contributed by atoms with van der Waals surface area (Å²) >= 11 is 0. The van der Waals surface area contributed by atoms with Crippen molar-refractivity contribution in [1.82, 2.24) is 10.2 Å². The van der Waals surface area contributed by atoms with Gasteiger partial charge >= 0.3 is 12.1 Å². The molecular formula is C26H30N2O6. The van der Waals surface area contributed by atoms with Gasteiger partial charge in [-0.15, -0.1) is 0 Å². The topological polar surface area (TPSA) is 105 Å².